The predicted molar refractivity (Wildman–Crippen MR) is 82.7 cm³/mol. The molecule has 0 amide bonds. The van der Waals surface area contributed by atoms with Gasteiger partial charge in [0.25, 0.3) is 0 Å². The van der Waals surface area contributed by atoms with E-state index in [0.29, 0.717) is 5.41 Å². The van der Waals surface area contributed by atoms with E-state index in [4.69, 9.17) is 4.74 Å². The van der Waals surface area contributed by atoms with Gasteiger partial charge in [-0.25, -0.2) is 0 Å². The molecule has 1 nitrogen and oxygen atoms in total. The van der Waals surface area contributed by atoms with E-state index in [2.05, 4.69) is 58.9 Å². The van der Waals surface area contributed by atoms with Crippen molar-refractivity contribution in [2.75, 3.05) is 12.4 Å². The van der Waals surface area contributed by atoms with Gasteiger partial charge in [0.05, 0.1) is 6.61 Å². The maximum absolute atomic E-state index is 5.90. The molecule has 0 atom stereocenters. The first-order valence-electron chi connectivity index (χ1n) is 6.14. The lowest BCUT2D eigenvalue weighted by Crippen LogP contribution is -2.14. The van der Waals surface area contributed by atoms with Gasteiger partial charge in [0.2, 0.25) is 0 Å². The van der Waals surface area contributed by atoms with Crippen LogP contribution in [0.5, 0.6) is 5.75 Å². The molecule has 0 spiro atoms. The third kappa shape index (κ3) is 2.52. The number of halogens is 1. The van der Waals surface area contributed by atoms with Crippen LogP contribution in [0.15, 0.2) is 40.9 Å². The Labute approximate surface area is 121 Å². The zero-order valence-corrected chi connectivity index (χ0v) is 12.5. The largest absolute Gasteiger partial charge is 0.493 e. The smallest absolute Gasteiger partial charge is 0.119 e. The van der Waals surface area contributed by atoms with Crippen LogP contribution in [0.25, 0.3) is 10.8 Å². The van der Waals surface area contributed by atoms with Crippen molar-refractivity contribution in [3.05, 3.63) is 40.9 Å². The van der Waals surface area contributed by atoms with Gasteiger partial charge in [0, 0.05) is 9.89 Å². The fourth-order valence-corrected chi connectivity index (χ4v) is 2.83. The van der Waals surface area contributed by atoms with E-state index in [0.717, 1.165) is 22.6 Å². The summed E-state index contributed by atoms with van der Waals surface area (Å²) < 4.78 is 7.01. The first-order chi connectivity index (χ1) is 8.71. The van der Waals surface area contributed by atoms with Gasteiger partial charge in [-0.1, -0.05) is 28.1 Å². The molecule has 1 aliphatic rings. The Bertz CT molecular complexity index is 578. The fraction of sp³-hybridized carbons (Fsp3) is 0.333. The van der Waals surface area contributed by atoms with Crippen molar-refractivity contribution in [1.29, 1.82) is 0 Å². The Morgan fingerprint density at radius 2 is 1.83 bits per heavy atom. The molecule has 18 heavy (non-hydrogen) atoms. The molecule has 3 rings (SSSR count). The molecule has 0 aromatic heterocycles. The normalized spacial score (nSPS) is 16.8. The third-order valence-corrected chi connectivity index (χ3v) is 4.78. The summed E-state index contributed by atoms with van der Waals surface area (Å²) in [6.07, 6.45) is 2.49. The molecule has 1 fully saturated rings. The molecule has 0 unspecified atom stereocenters. The van der Waals surface area contributed by atoms with E-state index in [9.17, 15) is 0 Å². The van der Waals surface area contributed by atoms with Crippen LogP contribution in [0.2, 0.25) is 0 Å². The van der Waals surface area contributed by atoms with Crippen LogP contribution in [-0.4, -0.2) is 12.4 Å². The second-order valence-electron chi connectivity index (χ2n) is 5.10. The van der Waals surface area contributed by atoms with Crippen LogP contribution in [0, 0.1) is 5.41 Å². The highest BCUT2D eigenvalue weighted by Gasteiger charge is 2.42. The van der Waals surface area contributed by atoms with Crippen LogP contribution < -0.4 is 4.74 Å². The number of ether oxygens (including phenoxy) is 1. The molecule has 1 saturated carbocycles. The van der Waals surface area contributed by atoms with Crippen LogP contribution in [-0.2, 0) is 0 Å². The second kappa shape index (κ2) is 4.78. The van der Waals surface area contributed by atoms with Crippen molar-refractivity contribution in [2.24, 2.45) is 5.41 Å². The van der Waals surface area contributed by atoms with Crippen LogP contribution in [0.1, 0.15) is 12.8 Å². The van der Waals surface area contributed by atoms with Gasteiger partial charge >= 0.3 is 0 Å². The topological polar surface area (TPSA) is 9.23 Å². The summed E-state index contributed by atoms with van der Waals surface area (Å²) in [5.41, 5.74) is 0.345. The van der Waals surface area contributed by atoms with Gasteiger partial charge in [-0.05, 0) is 53.6 Å². The molecule has 94 valence electrons. The van der Waals surface area contributed by atoms with Crippen LogP contribution in [0.3, 0.4) is 0 Å². The molecular weight excluding hydrogens is 308 g/mol. The molecule has 2 aromatic carbocycles. The predicted octanol–water partition coefficient (Wildman–Crippen LogP) is 4.69. The van der Waals surface area contributed by atoms with E-state index in [1.165, 1.54) is 23.6 Å². The summed E-state index contributed by atoms with van der Waals surface area (Å²) >= 11 is 7.88. The Morgan fingerprint density at radius 3 is 2.56 bits per heavy atom. The number of benzene rings is 2. The van der Waals surface area contributed by atoms with Crippen molar-refractivity contribution in [2.45, 2.75) is 12.8 Å². The highest BCUT2D eigenvalue weighted by Crippen LogP contribution is 2.46. The minimum Gasteiger partial charge on any atom is -0.493 e. The Hall–Kier alpha value is -0.670. The highest BCUT2D eigenvalue weighted by atomic mass is 79.9. The molecule has 0 N–H and O–H groups in total. The molecule has 1 aliphatic carbocycles. The minimum atomic E-state index is 0.345. The zero-order valence-electron chi connectivity index (χ0n) is 10.0. The molecule has 0 aliphatic heterocycles. The van der Waals surface area contributed by atoms with Gasteiger partial charge in [0.15, 0.2) is 0 Å². The zero-order chi connectivity index (χ0) is 12.6. The van der Waals surface area contributed by atoms with Gasteiger partial charge in [-0.3, -0.25) is 0 Å². The van der Waals surface area contributed by atoms with Crippen molar-refractivity contribution in [3.63, 3.8) is 0 Å². The molecule has 2 aromatic rings. The molecule has 0 saturated heterocycles. The molecule has 0 bridgehead atoms. The number of rotatable bonds is 4. The van der Waals surface area contributed by atoms with Crippen molar-refractivity contribution in [3.8, 4) is 5.75 Å². The summed E-state index contributed by atoms with van der Waals surface area (Å²) in [6, 6.07) is 12.5. The first-order valence-corrected chi connectivity index (χ1v) is 7.56. The molecular formula is C15H15BrOS. The Morgan fingerprint density at radius 1 is 1.11 bits per heavy atom. The van der Waals surface area contributed by atoms with Crippen molar-refractivity contribution in [1.82, 2.24) is 0 Å². The summed E-state index contributed by atoms with van der Waals surface area (Å²) in [5.74, 6) is 1.88. The lowest BCUT2D eigenvalue weighted by molar-refractivity contribution is 0.251. The fourth-order valence-electron chi connectivity index (χ4n) is 2.05. The highest BCUT2D eigenvalue weighted by molar-refractivity contribution is 9.10. The molecule has 0 heterocycles. The quantitative estimate of drug-likeness (QED) is 0.803. The third-order valence-electron chi connectivity index (χ3n) is 3.61. The number of fused-ring (bicyclic) bond motifs is 1. The van der Waals surface area contributed by atoms with E-state index in [1.54, 1.807) is 0 Å². The number of thiol groups is 1. The van der Waals surface area contributed by atoms with E-state index >= 15 is 0 Å². The van der Waals surface area contributed by atoms with Crippen molar-refractivity contribution < 1.29 is 4.74 Å². The standard InChI is InChI=1S/C15H15BrOS/c16-13-3-1-12-8-14(4-2-11(12)7-13)17-9-15(10-18)5-6-15/h1-4,7-8,18H,5-6,9-10H2. The van der Waals surface area contributed by atoms with E-state index in [1.807, 2.05) is 6.07 Å². The van der Waals surface area contributed by atoms with Crippen LogP contribution >= 0.6 is 28.6 Å². The first kappa shape index (κ1) is 12.4. The van der Waals surface area contributed by atoms with Gasteiger partial charge in [0.1, 0.15) is 5.75 Å². The maximum atomic E-state index is 5.90. The van der Waals surface area contributed by atoms with Gasteiger partial charge < -0.3 is 4.74 Å². The average molecular weight is 323 g/mol. The van der Waals surface area contributed by atoms with Crippen LogP contribution in [0.4, 0.5) is 0 Å². The summed E-state index contributed by atoms with van der Waals surface area (Å²) in [5, 5.41) is 2.44. The lowest BCUT2D eigenvalue weighted by Gasteiger charge is -2.14. The molecule has 3 heteroatoms. The Kier molecular flexibility index (Phi) is 3.29. The van der Waals surface area contributed by atoms with E-state index in [-0.39, 0.29) is 0 Å². The SMILES string of the molecule is SCC1(COc2ccc3cc(Br)ccc3c2)CC1. The molecule has 0 radical (unpaired) electrons. The summed E-state index contributed by atoms with van der Waals surface area (Å²) in [6.45, 7) is 0.790. The number of hydrogen-bond donors (Lipinski definition) is 1. The number of hydrogen-bond acceptors (Lipinski definition) is 2. The monoisotopic (exact) mass is 322 g/mol. The summed E-state index contributed by atoms with van der Waals surface area (Å²) in [7, 11) is 0. The Balaban J connectivity index is 1.79. The minimum absolute atomic E-state index is 0.345. The van der Waals surface area contributed by atoms with E-state index < -0.39 is 0 Å². The van der Waals surface area contributed by atoms with Gasteiger partial charge in [-0.2, -0.15) is 12.6 Å². The summed E-state index contributed by atoms with van der Waals surface area (Å²) in [4.78, 5) is 0. The van der Waals surface area contributed by atoms with Crippen molar-refractivity contribution >= 4 is 39.3 Å². The lowest BCUT2D eigenvalue weighted by atomic mass is 10.1. The second-order valence-corrected chi connectivity index (χ2v) is 6.33. The average Bonchev–Trinajstić information content (AvgIpc) is 3.17. The maximum Gasteiger partial charge on any atom is 0.119 e. The van der Waals surface area contributed by atoms with Gasteiger partial charge in [-0.15, -0.1) is 0 Å².